The Morgan fingerprint density at radius 3 is 2.78 bits per heavy atom. The summed E-state index contributed by atoms with van der Waals surface area (Å²) in [5.41, 5.74) is 2.14. The molecule has 0 spiro atoms. The topological polar surface area (TPSA) is 52.9 Å². The van der Waals surface area contributed by atoms with Crippen LogP contribution in [-0.4, -0.2) is 5.91 Å². The number of carbonyl (C=O) groups is 1. The van der Waals surface area contributed by atoms with Gasteiger partial charge < -0.3 is 5.32 Å². The molecule has 0 saturated carbocycles. The first kappa shape index (κ1) is 13.5. The van der Waals surface area contributed by atoms with Crippen LogP contribution in [0.2, 0.25) is 0 Å². The quantitative estimate of drug-likeness (QED) is 0.786. The van der Waals surface area contributed by atoms with E-state index in [0.717, 1.165) is 13.3 Å². The summed E-state index contributed by atoms with van der Waals surface area (Å²) in [6, 6.07) is 3.98. The van der Waals surface area contributed by atoms with Crippen molar-refractivity contribution < 1.29 is 4.79 Å². The van der Waals surface area contributed by atoms with Crippen molar-refractivity contribution in [3.8, 4) is 6.07 Å². The molecule has 0 aliphatic rings. The SMILES string of the molecule is Cc1sc(NC(=O)c2csc(I)c2)c(C#N)c1C. The van der Waals surface area contributed by atoms with Crippen LogP contribution in [0.1, 0.15) is 26.4 Å². The van der Waals surface area contributed by atoms with Crippen LogP contribution in [0, 0.1) is 28.1 Å². The Morgan fingerprint density at radius 2 is 2.22 bits per heavy atom. The lowest BCUT2D eigenvalue weighted by Crippen LogP contribution is -2.10. The van der Waals surface area contributed by atoms with Gasteiger partial charge in [0.1, 0.15) is 11.1 Å². The molecule has 0 unspecified atom stereocenters. The summed E-state index contributed by atoms with van der Waals surface area (Å²) in [5.74, 6) is -0.160. The average Bonchev–Trinajstić information content (AvgIpc) is 2.85. The Balaban J connectivity index is 2.28. The number of carbonyl (C=O) groups excluding carboxylic acids is 1. The molecule has 2 aromatic rings. The molecule has 2 rings (SSSR count). The van der Waals surface area contributed by atoms with Crippen molar-refractivity contribution in [2.24, 2.45) is 0 Å². The third kappa shape index (κ3) is 2.58. The average molecular weight is 388 g/mol. The number of hydrogen-bond donors (Lipinski definition) is 1. The molecule has 0 radical (unpaired) electrons. The van der Waals surface area contributed by atoms with Gasteiger partial charge in [-0.05, 0) is 48.1 Å². The summed E-state index contributed by atoms with van der Waals surface area (Å²) < 4.78 is 1.07. The van der Waals surface area contributed by atoms with E-state index in [1.165, 1.54) is 22.7 Å². The summed E-state index contributed by atoms with van der Waals surface area (Å²) in [6.07, 6.45) is 0. The minimum absolute atomic E-state index is 0.160. The molecule has 6 heteroatoms. The van der Waals surface area contributed by atoms with Gasteiger partial charge in [0.05, 0.1) is 14.0 Å². The number of hydrogen-bond acceptors (Lipinski definition) is 4. The van der Waals surface area contributed by atoms with Crippen molar-refractivity contribution in [3.05, 3.63) is 35.9 Å². The minimum Gasteiger partial charge on any atom is -0.312 e. The maximum atomic E-state index is 12.0. The number of halogens is 1. The minimum atomic E-state index is -0.160. The standard InChI is InChI=1S/C12H9IN2OS2/c1-6-7(2)18-12(9(6)4-14)15-11(16)8-3-10(13)17-5-8/h3,5H,1-2H3,(H,15,16). The Morgan fingerprint density at radius 1 is 1.50 bits per heavy atom. The first-order chi connectivity index (χ1) is 8.52. The van der Waals surface area contributed by atoms with Crippen molar-refractivity contribution in [2.45, 2.75) is 13.8 Å². The third-order valence-electron chi connectivity index (χ3n) is 2.55. The van der Waals surface area contributed by atoms with Gasteiger partial charge in [0, 0.05) is 10.3 Å². The van der Waals surface area contributed by atoms with Crippen LogP contribution in [0.25, 0.3) is 0 Å². The summed E-state index contributed by atoms with van der Waals surface area (Å²) in [6.45, 7) is 3.84. The lowest BCUT2D eigenvalue weighted by molar-refractivity contribution is 0.102. The highest BCUT2D eigenvalue weighted by Gasteiger charge is 2.16. The molecular weight excluding hydrogens is 379 g/mol. The molecule has 2 aromatic heterocycles. The maximum absolute atomic E-state index is 12.0. The van der Waals surface area contributed by atoms with Gasteiger partial charge in [-0.15, -0.1) is 22.7 Å². The molecule has 0 saturated heterocycles. The lowest BCUT2D eigenvalue weighted by Gasteiger charge is -2.00. The zero-order chi connectivity index (χ0) is 13.3. The molecule has 1 N–H and O–H groups in total. The molecule has 18 heavy (non-hydrogen) atoms. The Labute approximate surface area is 127 Å². The zero-order valence-electron chi connectivity index (χ0n) is 9.70. The van der Waals surface area contributed by atoms with Gasteiger partial charge in [0.25, 0.3) is 5.91 Å². The highest BCUT2D eigenvalue weighted by molar-refractivity contribution is 14.1. The fourth-order valence-electron chi connectivity index (χ4n) is 1.45. The number of nitrogens with one attached hydrogen (secondary N) is 1. The summed E-state index contributed by atoms with van der Waals surface area (Å²) >= 11 is 5.15. The van der Waals surface area contributed by atoms with E-state index in [1.807, 2.05) is 25.3 Å². The van der Waals surface area contributed by atoms with E-state index < -0.39 is 0 Å². The van der Waals surface area contributed by atoms with E-state index >= 15 is 0 Å². The van der Waals surface area contributed by atoms with Gasteiger partial charge in [0.2, 0.25) is 0 Å². The van der Waals surface area contributed by atoms with Crippen molar-refractivity contribution in [2.75, 3.05) is 5.32 Å². The first-order valence-corrected chi connectivity index (χ1v) is 7.86. The monoisotopic (exact) mass is 388 g/mol. The van der Waals surface area contributed by atoms with Gasteiger partial charge in [0.15, 0.2) is 0 Å². The van der Waals surface area contributed by atoms with Crippen LogP contribution in [0.5, 0.6) is 0 Å². The zero-order valence-corrected chi connectivity index (χ0v) is 13.5. The second kappa shape index (κ2) is 5.38. The number of nitriles is 1. The summed E-state index contributed by atoms with van der Waals surface area (Å²) in [5, 5.41) is 14.4. The molecular formula is C12H9IN2OS2. The number of nitrogens with zero attached hydrogens (tertiary/aromatic N) is 1. The van der Waals surface area contributed by atoms with E-state index in [2.05, 4.69) is 34.0 Å². The molecule has 1 amide bonds. The van der Waals surface area contributed by atoms with E-state index in [-0.39, 0.29) is 5.91 Å². The molecule has 3 nitrogen and oxygen atoms in total. The summed E-state index contributed by atoms with van der Waals surface area (Å²) in [4.78, 5) is 13.1. The largest absolute Gasteiger partial charge is 0.312 e. The Bertz CT molecular complexity index is 652. The van der Waals surface area contributed by atoms with Crippen molar-refractivity contribution in [1.82, 2.24) is 0 Å². The van der Waals surface area contributed by atoms with Crippen LogP contribution in [-0.2, 0) is 0 Å². The van der Waals surface area contributed by atoms with Crippen molar-refractivity contribution in [1.29, 1.82) is 5.26 Å². The van der Waals surface area contributed by atoms with Gasteiger partial charge in [-0.1, -0.05) is 0 Å². The fraction of sp³-hybridized carbons (Fsp3) is 0.167. The number of aryl methyl sites for hydroxylation is 1. The van der Waals surface area contributed by atoms with Crippen LogP contribution in [0.4, 0.5) is 5.00 Å². The normalized spacial score (nSPS) is 10.1. The van der Waals surface area contributed by atoms with E-state index in [1.54, 1.807) is 0 Å². The van der Waals surface area contributed by atoms with E-state index in [9.17, 15) is 4.79 Å². The molecule has 92 valence electrons. The predicted octanol–water partition coefficient (Wildman–Crippen LogP) is 4.16. The van der Waals surface area contributed by atoms with Gasteiger partial charge in [-0.3, -0.25) is 4.79 Å². The number of amides is 1. The van der Waals surface area contributed by atoms with Crippen molar-refractivity contribution in [3.63, 3.8) is 0 Å². The van der Waals surface area contributed by atoms with Crippen LogP contribution in [0.15, 0.2) is 11.4 Å². The smallest absolute Gasteiger partial charge is 0.257 e. The summed E-state index contributed by atoms with van der Waals surface area (Å²) in [7, 11) is 0. The number of rotatable bonds is 2. The lowest BCUT2D eigenvalue weighted by atomic mass is 10.2. The molecule has 0 aliphatic heterocycles. The molecule has 2 heterocycles. The molecule has 0 aromatic carbocycles. The molecule has 0 atom stereocenters. The predicted molar refractivity (Wildman–Crippen MR) is 83.5 cm³/mol. The molecule has 0 bridgehead atoms. The van der Waals surface area contributed by atoms with Gasteiger partial charge >= 0.3 is 0 Å². The number of thiophene rings is 2. The van der Waals surface area contributed by atoms with E-state index in [0.29, 0.717) is 16.1 Å². The maximum Gasteiger partial charge on any atom is 0.257 e. The van der Waals surface area contributed by atoms with Crippen molar-refractivity contribution >= 4 is 56.2 Å². The highest BCUT2D eigenvalue weighted by Crippen LogP contribution is 2.32. The molecule has 0 aliphatic carbocycles. The molecule has 0 fully saturated rings. The second-order valence-electron chi connectivity index (χ2n) is 3.69. The number of anilines is 1. The third-order valence-corrected chi connectivity index (χ3v) is 5.47. The van der Waals surface area contributed by atoms with Gasteiger partial charge in [-0.2, -0.15) is 5.26 Å². The first-order valence-electron chi connectivity index (χ1n) is 5.08. The van der Waals surface area contributed by atoms with Gasteiger partial charge in [-0.25, -0.2) is 0 Å². The highest BCUT2D eigenvalue weighted by atomic mass is 127. The Kier molecular flexibility index (Phi) is 4.04. The van der Waals surface area contributed by atoms with Crippen LogP contribution >= 0.6 is 45.3 Å². The van der Waals surface area contributed by atoms with E-state index in [4.69, 9.17) is 5.26 Å². The second-order valence-corrected chi connectivity index (χ2v) is 7.72. The van der Waals surface area contributed by atoms with Crippen LogP contribution < -0.4 is 5.32 Å². The van der Waals surface area contributed by atoms with Crippen LogP contribution in [0.3, 0.4) is 0 Å². The Hall–Kier alpha value is -0.910. The fourth-order valence-corrected chi connectivity index (χ4v) is 3.79.